The predicted octanol–water partition coefficient (Wildman–Crippen LogP) is 3.85. The van der Waals surface area contributed by atoms with Crippen LogP contribution >= 0.6 is 0 Å². The number of rotatable bonds is 6. The van der Waals surface area contributed by atoms with Crippen LogP contribution in [0.3, 0.4) is 0 Å². The lowest BCUT2D eigenvalue weighted by Gasteiger charge is -2.05. The molecule has 0 saturated carbocycles. The Hall–Kier alpha value is -2.79. The van der Waals surface area contributed by atoms with Crippen LogP contribution in [0, 0.1) is 12.7 Å². The number of allylic oxidation sites excluding steroid dienone is 2. The highest BCUT2D eigenvalue weighted by Gasteiger charge is 2.18. The summed E-state index contributed by atoms with van der Waals surface area (Å²) in [6.45, 7) is 2.11. The van der Waals surface area contributed by atoms with E-state index in [2.05, 4.69) is 16.2 Å². The summed E-state index contributed by atoms with van der Waals surface area (Å²) in [7, 11) is 0. The molecule has 1 aliphatic rings. The highest BCUT2D eigenvalue weighted by Crippen LogP contribution is 2.38. The van der Waals surface area contributed by atoms with Crippen LogP contribution in [0.1, 0.15) is 28.8 Å². The average molecular weight is 338 g/mol. The molecule has 0 spiro atoms. The molecule has 0 unspecified atom stereocenters. The number of aryl methyl sites for hydroxylation is 1. The number of aromatic nitrogens is 1. The van der Waals surface area contributed by atoms with Gasteiger partial charge in [-0.25, -0.2) is 4.39 Å². The van der Waals surface area contributed by atoms with Crippen molar-refractivity contribution in [2.75, 3.05) is 13.2 Å². The molecule has 1 heterocycles. The summed E-state index contributed by atoms with van der Waals surface area (Å²) < 4.78 is 14.0. The fourth-order valence-corrected chi connectivity index (χ4v) is 2.82. The van der Waals surface area contributed by atoms with Crippen LogP contribution in [-0.4, -0.2) is 29.5 Å². The van der Waals surface area contributed by atoms with Gasteiger partial charge in [-0.05, 0) is 41.3 Å². The lowest BCUT2D eigenvalue weighted by atomic mass is 10.0. The third kappa shape index (κ3) is 4.00. The first-order valence-electron chi connectivity index (χ1n) is 8.08. The van der Waals surface area contributed by atoms with Gasteiger partial charge in [-0.3, -0.25) is 4.98 Å². The first-order chi connectivity index (χ1) is 12.2. The molecule has 2 aromatic rings. The van der Waals surface area contributed by atoms with Crippen molar-refractivity contribution in [3.8, 4) is 0 Å². The second-order valence-electron chi connectivity index (χ2n) is 5.72. The summed E-state index contributed by atoms with van der Waals surface area (Å²) in [4.78, 5) is 9.09. The molecule has 128 valence electrons. The number of aliphatic hydroxyl groups excluding tert-OH is 1. The Bertz CT molecular complexity index is 857. The molecule has 0 saturated heterocycles. The normalized spacial score (nSPS) is 14.8. The number of halogens is 1. The molecule has 4 nitrogen and oxygen atoms in total. The highest BCUT2D eigenvalue weighted by atomic mass is 19.1. The molecule has 25 heavy (non-hydrogen) atoms. The molecule has 1 aromatic carbocycles. The smallest absolute Gasteiger partial charge is 0.148 e. The van der Waals surface area contributed by atoms with Crippen LogP contribution in [0.25, 0.3) is 17.2 Å². The zero-order valence-electron chi connectivity index (χ0n) is 13.9. The van der Waals surface area contributed by atoms with Crippen molar-refractivity contribution >= 4 is 23.4 Å². The molecule has 1 N–H and O–H groups in total. The number of aliphatic hydroxyl groups is 1. The van der Waals surface area contributed by atoms with Gasteiger partial charge in [-0.1, -0.05) is 35.5 Å². The summed E-state index contributed by atoms with van der Waals surface area (Å²) in [6, 6.07) is 9.77. The summed E-state index contributed by atoms with van der Waals surface area (Å²) in [5.74, 6) is -0.334. The van der Waals surface area contributed by atoms with Gasteiger partial charge in [0.25, 0.3) is 0 Å². The van der Waals surface area contributed by atoms with Gasteiger partial charge in [0.2, 0.25) is 0 Å². The van der Waals surface area contributed by atoms with E-state index in [4.69, 9.17) is 9.94 Å². The van der Waals surface area contributed by atoms with Crippen molar-refractivity contribution in [2.45, 2.75) is 13.3 Å². The standard InChI is InChI=1S/C20H19FN2O2/c1-14-10-17(20(21)13-22-14)12-16-11-15(6-9-25-23-7-8-24)18-4-2-3-5-19(16)18/h2-5,7,10-13,24H,6,8-9H2,1H3/b16-12-,23-7?. The van der Waals surface area contributed by atoms with Crippen molar-refractivity contribution < 1.29 is 14.3 Å². The molecular weight excluding hydrogens is 319 g/mol. The Morgan fingerprint density at radius 3 is 2.88 bits per heavy atom. The van der Waals surface area contributed by atoms with E-state index in [1.54, 1.807) is 6.07 Å². The van der Waals surface area contributed by atoms with Crippen molar-refractivity contribution in [1.29, 1.82) is 0 Å². The number of hydrogen-bond donors (Lipinski definition) is 1. The van der Waals surface area contributed by atoms with Gasteiger partial charge < -0.3 is 9.94 Å². The molecule has 0 amide bonds. The Morgan fingerprint density at radius 2 is 2.08 bits per heavy atom. The van der Waals surface area contributed by atoms with Gasteiger partial charge in [0.05, 0.1) is 19.0 Å². The number of hydrogen-bond acceptors (Lipinski definition) is 4. The monoisotopic (exact) mass is 338 g/mol. The predicted molar refractivity (Wildman–Crippen MR) is 97.4 cm³/mol. The van der Waals surface area contributed by atoms with E-state index in [-0.39, 0.29) is 12.4 Å². The molecule has 0 radical (unpaired) electrons. The van der Waals surface area contributed by atoms with Gasteiger partial charge in [0, 0.05) is 17.7 Å². The van der Waals surface area contributed by atoms with Crippen molar-refractivity contribution in [3.05, 3.63) is 70.8 Å². The molecule has 0 atom stereocenters. The fourth-order valence-electron chi connectivity index (χ4n) is 2.82. The molecule has 5 heteroatoms. The largest absolute Gasteiger partial charge is 0.396 e. The van der Waals surface area contributed by atoms with E-state index in [1.165, 1.54) is 12.4 Å². The van der Waals surface area contributed by atoms with Crippen molar-refractivity contribution in [2.24, 2.45) is 5.16 Å². The molecule has 0 bridgehead atoms. The minimum absolute atomic E-state index is 0.144. The first kappa shape index (κ1) is 17.0. The number of pyridine rings is 1. The Morgan fingerprint density at radius 1 is 1.28 bits per heavy atom. The van der Waals surface area contributed by atoms with Crippen molar-refractivity contribution in [3.63, 3.8) is 0 Å². The molecule has 0 fully saturated rings. The maximum absolute atomic E-state index is 14.0. The highest BCUT2D eigenvalue weighted by molar-refractivity contribution is 6.01. The second kappa shape index (κ2) is 7.85. The number of nitrogens with zero attached hydrogens (tertiary/aromatic N) is 2. The molecule has 0 aliphatic heterocycles. The van der Waals surface area contributed by atoms with Gasteiger partial charge >= 0.3 is 0 Å². The summed E-state index contributed by atoms with van der Waals surface area (Å²) in [5, 5.41) is 12.3. The second-order valence-corrected chi connectivity index (χ2v) is 5.72. The Kier molecular flexibility index (Phi) is 5.36. The molecule has 1 aliphatic carbocycles. The quantitative estimate of drug-likeness (QED) is 0.494. The minimum Gasteiger partial charge on any atom is -0.396 e. The lowest BCUT2D eigenvalue weighted by molar-refractivity contribution is 0.150. The first-order valence-corrected chi connectivity index (χ1v) is 8.08. The Labute approximate surface area is 146 Å². The molecule has 1 aromatic heterocycles. The third-order valence-electron chi connectivity index (χ3n) is 3.94. The van der Waals surface area contributed by atoms with Crippen LogP contribution in [0.15, 0.2) is 47.8 Å². The number of oxime groups is 1. The van der Waals surface area contributed by atoms with Gasteiger partial charge in [-0.15, -0.1) is 0 Å². The molecule has 3 rings (SSSR count). The summed E-state index contributed by atoms with van der Waals surface area (Å²) in [5.41, 5.74) is 5.58. The van der Waals surface area contributed by atoms with E-state index >= 15 is 0 Å². The van der Waals surface area contributed by atoms with E-state index in [0.29, 0.717) is 18.6 Å². The van der Waals surface area contributed by atoms with Crippen LogP contribution in [0.5, 0.6) is 0 Å². The maximum atomic E-state index is 14.0. The molecular formula is C20H19FN2O2. The van der Waals surface area contributed by atoms with Gasteiger partial charge in [-0.2, -0.15) is 0 Å². The van der Waals surface area contributed by atoms with E-state index in [1.807, 2.05) is 37.3 Å². The lowest BCUT2D eigenvalue weighted by Crippen LogP contribution is -1.92. The Balaban J connectivity index is 1.88. The van der Waals surface area contributed by atoms with E-state index < -0.39 is 0 Å². The van der Waals surface area contributed by atoms with E-state index in [9.17, 15) is 4.39 Å². The maximum Gasteiger partial charge on any atom is 0.148 e. The zero-order chi connectivity index (χ0) is 17.6. The topological polar surface area (TPSA) is 54.7 Å². The average Bonchev–Trinajstić information content (AvgIpc) is 2.96. The van der Waals surface area contributed by atoms with Crippen LogP contribution in [0.2, 0.25) is 0 Å². The summed E-state index contributed by atoms with van der Waals surface area (Å²) >= 11 is 0. The van der Waals surface area contributed by atoms with Crippen LogP contribution in [-0.2, 0) is 4.84 Å². The van der Waals surface area contributed by atoms with Crippen molar-refractivity contribution in [1.82, 2.24) is 4.98 Å². The minimum atomic E-state index is -0.334. The summed E-state index contributed by atoms with van der Waals surface area (Å²) in [6.07, 6.45) is 7.13. The third-order valence-corrected chi connectivity index (χ3v) is 3.94. The van der Waals surface area contributed by atoms with Crippen LogP contribution in [0.4, 0.5) is 4.39 Å². The van der Waals surface area contributed by atoms with E-state index in [0.717, 1.165) is 28.0 Å². The van der Waals surface area contributed by atoms with Gasteiger partial charge in [0.15, 0.2) is 0 Å². The van der Waals surface area contributed by atoms with Crippen LogP contribution < -0.4 is 0 Å². The number of fused-ring (bicyclic) bond motifs is 1. The number of benzene rings is 1. The fraction of sp³-hybridized carbons (Fsp3) is 0.200. The SMILES string of the molecule is Cc1cc(/C=C2/C=C(CCON=CCO)c3ccccc32)c(F)cn1. The van der Waals surface area contributed by atoms with Gasteiger partial charge in [0.1, 0.15) is 12.4 Å². The zero-order valence-corrected chi connectivity index (χ0v) is 13.9.